The fraction of sp³-hybridized carbons (Fsp3) is 0.462. The number of carbonyl (C=O) groups excluding carboxylic acids is 1. The van der Waals surface area contributed by atoms with Gasteiger partial charge in [0.2, 0.25) is 5.91 Å². The van der Waals surface area contributed by atoms with Crippen LogP contribution in [0, 0.1) is 12.8 Å². The van der Waals surface area contributed by atoms with Crippen LogP contribution in [0.1, 0.15) is 5.56 Å². The summed E-state index contributed by atoms with van der Waals surface area (Å²) < 4.78 is 5.32. The molecule has 2 rings (SSSR count). The first-order chi connectivity index (χ1) is 8.63. The molecule has 1 aromatic rings. The zero-order valence-electron chi connectivity index (χ0n) is 10.5. The van der Waals surface area contributed by atoms with E-state index < -0.39 is 0 Å². The third-order valence-electron chi connectivity index (χ3n) is 3.24. The van der Waals surface area contributed by atoms with Gasteiger partial charge < -0.3 is 15.4 Å². The van der Waals surface area contributed by atoms with Gasteiger partial charge in [-0.25, -0.2) is 0 Å². The third kappa shape index (κ3) is 2.66. The van der Waals surface area contributed by atoms with E-state index in [1.807, 2.05) is 26.1 Å². The molecule has 1 saturated heterocycles. The van der Waals surface area contributed by atoms with E-state index in [2.05, 4.69) is 10.6 Å². The monoisotopic (exact) mass is 268 g/mol. The number of amides is 1. The molecule has 98 valence electrons. The van der Waals surface area contributed by atoms with Crippen molar-refractivity contribution in [3.05, 3.63) is 28.8 Å². The van der Waals surface area contributed by atoms with Crippen molar-refractivity contribution >= 4 is 23.2 Å². The minimum absolute atomic E-state index is 0.0562. The largest absolute Gasteiger partial charge is 0.379 e. The fourth-order valence-corrected chi connectivity index (χ4v) is 2.24. The van der Waals surface area contributed by atoms with Gasteiger partial charge in [0.25, 0.3) is 0 Å². The van der Waals surface area contributed by atoms with Gasteiger partial charge in [-0.05, 0) is 25.6 Å². The van der Waals surface area contributed by atoms with Crippen molar-refractivity contribution in [1.82, 2.24) is 5.32 Å². The first kappa shape index (κ1) is 13.3. The first-order valence-electron chi connectivity index (χ1n) is 5.94. The Balaban J connectivity index is 2.09. The van der Waals surface area contributed by atoms with Crippen molar-refractivity contribution in [1.29, 1.82) is 0 Å². The average molecular weight is 269 g/mol. The number of benzene rings is 1. The maximum atomic E-state index is 12.2. The molecule has 0 spiro atoms. The Hall–Kier alpha value is -1.10. The van der Waals surface area contributed by atoms with Gasteiger partial charge in [-0.3, -0.25) is 4.79 Å². The molecular weight excluding hydrogens is 252 g/mol. The Bertz CT molecular complexity index is 451. The molecule has 0 radical (unpaired) electrons. The highest BCUT2D eigenvalue weighted by Crippen LogP contribution is 2.26. The standard InChI is InChI=1S/C13H17ClN2O2/c1-8-4-3-5-10(12(8)14)16-13(17)9-6-18-7-11(9)15-2/h3-5,9,11,15H,6-7H2,1-2H3,(H,16,17). The summed E-state index contributed by atoms with van der Waals surface area (Å²) in [6.45, 7) is 2.92. The Labute approximate surface area is 112 Å². The van der Waals surface area contributed by atoms with Gasteiger partial charge in [0.1, 0.15) is 0 Å². The molecule has 2 atom stereocenters. The minimum atomic E-state index is -0.174. The number of hydrogen-bond donors (Lipinski definition) is 2. The molecule has 1 aliphatic heterocycles. The molecule has 18 heavy (non-hydrogen) atoms. The quantitative estimate of drug-likeness (QED) is 0.879. The van der Waals surface area contributed by atoms with E-state index in [9.17, 15) is 4.79 Å². The molecule has 0 bridgehead atoms. The van der Waals surface area contributed by atoms with Crippen LogP contribution in [-0.2, 0) is 9.53 Å². The highest BCUT2D eigenvalue weighted by atomic mass is 35.5. The number of rotatable bonds is 3. The maximum absolute atomic E-state index is 12.2. The molecular formula is C13H17ClN2O2. The highest BCUT2D eigenvalue weighted by molar-refractivity contribution is 6.34. The van der Waals surface area contributed by atoms with Crippen molar-refractivity contribution in [2.75, 3.05) is 25.6 Å². The maximum Gasteiger partial charge on any atom is 0.231 e. The predicted octanol–water partition coefficient (Wildman–Crippen LogP) is 1.82. The summed E-state index contributed by atoms with van der Waals surface area (Å²) in [5, 5.41) is 6.54. The van der Waals surface area contributed by atoms with Crippen LogP contribution in [0.15, 0.2) is 18.2 Å². The van der Waals surface area contributed by atoms with E-state index in [1.165, 1.54) is 0 Å². The van der Waals surface area contributed by atoms with Crippen LogP contribution in [0.4, 0.5) is 5.69 Å². The minimum Gasteiger partial charge on any atom is -0.379 e. The molecule has 1 heterocycles. The lowest BCUT2D eigenvalue weighted by molar-refractivity contribution is -0.120. The second-order valence-corrected chi connectivity index (χ2v) is 4.84. The van der Waals surface area contributed by atoms with Gasteiger partial charge in [0.15, 0.2) is 0 Å². The molecule has 1 amide bonds. The van der Waals surface area contributed by atoms with Crippen LogP contribution in [0.2, 0.25) is 5.02 Å². The molecule has 1 aromatic carbocycles. The van der Waals surface area contributed by atoms with Crippen LogP contribution >= 0.6 is 11.6 Å². The van der Waals surface area contributed by atoms with Crippen molar-refractivity contribution in [2.45, 2.75) is 13.0 Å². The SMILES string of the molecule is CNC1COCC1C(=O)Nc1cccc(C)c1Cl. The molecule has 0 saturated carbocycles. The van der Waals surface area contributed by atoms with Crippen LogP contribution in [0.25, 0.3) is 0 Å². The van der Waals surface area contributed by atoms with Crippen LogP contribution in [-0.4, -0.2) is 32.2 Å². The van der Waals surface area contributed by atoms with E-state index in [0.29, 0.717) is 23.9 Å². The fourth-order valence-electron chi connectivity index (χ4n) is 2.07. The van der Waals surface area contributed by atoms with Gasteiger partial charge in [-0.1, -0.05) is 23.7 Å². The molecule has 2 N–H and O–H groups in total. The Morgan fingerprint density at radius 2 is 2.22 bits per heavy atom. The molecule has 4 nitrogen and oxygen atoms in total. The third-order valence-corrected chi connectivity index (χ3v) is 3.74. The number of halogens is 1. The van der Waals surface area contributed by atoms with Gasteiger partial charge >= 0.3 is 0 Å². The lowest BCUT2D eigenvalue weighted by Crippen LogP contribution is -2.39. The Morgan fingerprint density at radius 3 is 2.94 bits per heavy atom. The lowest BCUT2D eigenvalue weighted by atomic mass is 10.0. The summed E-state index contributed by atoms with van der Waals surface area (Å²) in [5.74, 6) is -0.231. The van der Waals surface area contributed by atoms with Crippen LogP contribution < -0.4 is 10.6 Å². The van der Waals surface area contributed by atoms with Crippen molar-refractivity contribution in [3.63, 3.8) is 0 Å². The van der Waals surface area contributed by atoms with E-state index >= 15 is 0 Å². The van der Waals surface area contributed by atoms with Gasteiger partial charge in [-0.2, -0.15) is 0 Å². The molecule has 1 aliphatic rings. The number of carbonyl (C=O) groups is 1. The smallest absolute Gasteiger partial charge is 0.231 e. The van der Waals surface area contributed by atoms with E-state index in [0.717, 1.165) is 5.56 Å². The Morgan fingerprint density at radius 1 is 1.44 bits per heavy atom. The normalized spacial score (nSPS) is 23.1. The summed E-state index contributed by atoms with van der Waals surface area (Å²) in [5.41, 5.74) is 1.60. The summed E-state index contributed by atoms with van der Waals surface area (Å²) in [6, 6.07) is 5.65. The van der Waals surface area contributed by atoms with E-state index in [1.54, 1.807) is 6.07 Å². The topological polar surface area (TPSA) is 50.4 Å². The first-order valence-corrected chi connectivity index (χ1v) is 6.32. The lowest BCUT2D eigenvalue weighted by Gasteiger charge is -2.17. The van der Waals surface area contributed by atoms with Gasteiger partial charge in [-0.15, -0.1) is 0 Å². The number of nitrogens with one attached hydrogen (secondary N) is 2. The number of likely N-dealkylation sites (N-methyl/N-ethyl adjacent to an activating group) is 1. The zero-order chi connectivity index (χ0) is 13.1. The second kappa shape index (κ2) is 5.69. The van der Waals surface area contributed by atoms with E-state index in [4.69, 9.17) is 16.3 Å². The van der Waals surface area contributed by atoms with Gasteiger partial charge in [0.05, 0.1) is 29.8 Å². The molecule has 2 unspecified atom stereocenters. The average Bonchev–Trinajstić information content (AvgIpc) is 2.83. The molecule has 0 aromatic heterocycles. The van der Waals surface area contributed by atoms with Crippen molar-refractivity contribution in [3.8, 4) is 0 Å². The van der Waals surface area contributed by atoms with Crippen molar-refractivity contribution in [2.24, 2.45) is 5.92 Å². The van der Waals surface area contributed by atoms with E-state index in [-0.39, 0.29) is 17.9 Å². The summed E-state index contributed by atoms with van der Waals surface area (Å²) >= 11 is 6.15. The summed E-state index contributed by atoms with van der Waals surface area (Å²) in [7, 11) is 1.83. The summed E-state index contributed by atoms with van der Waals surface area (Å²) in [6.07, 6.45) is 0. The van der Waals surface area contributed by atoms with Crippen LogP contribution in [0.5, 0.6) is 0 Å². The number of anilines is 1. The number of hydrogen-bond acceptors (Lipinski definition) is 3. The van der Waals surface area contributed by atoms with Gasteiger partial charge in [0, 0.05) is 6.04 Å². The number of aryl methyl sites for hydroxylation is 1. The second-order valence-electron chi connectivity index (χ2n) is 4.46. The van der Waals surface area contributed by atoms with Crippen molar-refractivity contribution < 1.29 is 9.53 Å². The highest BCUT2D eigenvalue weighted by Gasteiger charge is 2.33. The zero-order valence-corrected chi connectivity index (χ0v) is 11.3. The summed E-state index contributed by atoms with van der Waals surface area (Å²) in [4.78, 5) is 12.2. The Kier molecular flexibility index (Phi) is 4.22. The van der Waals surface area contributed by atoms with Crippen LogP contribution in [0.3, 0.4) is 0 Å². The molecule has 5 heteroatoms. The number of ether oxygens (including phenoxy) is 1. The molecule has 1 fully saturated rings. The molecule has 0 aliphatic carbocycles. The predicted molar refractivity (Wildman–Crippen MR) is 72.0 cm³/mol.